The van der Waals surface area contributed by atoms with E-state index in [9.17, 15) is 23.1 Å². The van der Waals surface area contributed by atoms with E-state index in [2.05, 4.69) is 5.32 Å². The third-order valence-corrected chi connectivity index (χ3v) is 4.83. The average molecular weight is 358 g/mol. The standard InChI is InChI=1S/C17H21F3N2O3/c18-17(19,20)13-3-1-2-12(10-13)16(24)4-7-22(8-5-16)15(23)14-11-21-6-9-25-14/h1-3,10,14,21,24H,4-9,11H2/t14-/m0/s1. The van der Waals surface area contributed by atoms with Gasteiger partial charge in [-0.25, -0.2) is 0 Å². The normalized spacial score (nSPS) is 24.2. The molecule has 8 heteroatoms. The van der Waals surface area contributed by atoms with Crippen molar-refractivity contribution in [2.75, 3.05) is 32.8 Å². The van der Waals surface area contributed by atoms with Crippen molar-refractivity contribution in [2.45, 2.75) is 30.7 Å². The number of amides is 1. The number of nitrogens with one attached hydrogen (secondary N) is 1. The van der Waals surface area contributed by atoms with Gasteiger partial charge in [-0.3, -0.25) is 4.79 Å². The highest BCUT2D eigenvalue weighted by Crippen LogP contribution is 2.36. The van der Waals surface area contributed by atoms with E-state index in [1.54, 1.807) is 4.90 Å². The molecular weight excluding hydrogens is 337 g/mol. The molecule has 2 aliphatic rings. The van der Waals surface area contributed by atoms with Gasteiger partial charge < -0.3 is 20.1 Å². The predicted molar refractivity (Wildman–Crippen MR) is 83.8 cm³/mol. The average Bonchev–Trinajstić information content (AvgIpc) is 2.62. The summed E-state index contributed by atoms with van der Waals surface area (Å²) >= 11 is 0. The molecule has 1 atom stereocenters. The smallest absolute Gasteiger partial charge is 0.385 e. The molecule has 1 aromatic rings. The number of likely N-dealkylation sites (tertiary alicyclic amines) is 1. The molecule has 0 aliphatic carbocycles. The molecule has 2 N–H and O–H groups in total. The molecule has 2 saturated heterocycles. The Hall–Kier alpha value is -1.64. The molecule has 3 rings (SSSR count). The number of piperidine rings is 1. The molecule has 0 radical (unpaired) electrons. The number of ether oxygens (including phenoxy) is 1. The van der Waals surface area contributed by atoms with E-state index >= 15 is 0 Å². The van der Waals surface area contributed by atoms with Gasteiger partial charge in [-0.15, -0.1) is 0 Å². The van der Waals surface area contributed by atoms with Crippen molar-refractivity contribution in [3.05, 3.63) is 35.4 Å². The highest BCUT2D eigenvalue weighted by Gasteiger charge is 2.39. The summed E-state index contributed by atoms with van der Waals surface area (Å²) in [4.78, 5) is 14.0. The molecule has 2 aliphatic heterocycles. The summed E-state index contributed by atoms with van der Waals surface area (Å²) in [7, 11) is 0. The summed E-state index contributed by atoms with van der Waals surface area (Å²) in [6, 6.07) is 4.78. The number of alkyl halides is 3. The number of halogens is 3. The Labute approximate surface area is 143 Å². The first-order valence-corrected chi connectivity index (χ1v) is 8.31. The number of nitrogens with zero attached hydrogens (tertiary/aromatic N) is 1. The lowest BCUT2D eigenvalue weighted by Gasteiger charge is -2.40. The molecule has 0 bridgehead atoms. The third kappa shape index (κ3) is 3.96. The quantitative estimate of drug-likeness (QED) is 0.841. The minimum absolute atomic E-state index is 0.140. The number of carbonyl (C=O) groups is 1. The van der Waals surface area contributed by atoms with Gasteiger partial charge in [0.15, 0.2) is 0 Å². The van der Waals surface area contributed by atoms with Crippen molar-refractivity contribution >= 4 is 5.91 Å². The van der Waals surface area contributed by atoms with Crippen LogP contribution in [0.4, 0.5) is 13.2 Å². The van der Waals surface area contributed by atoms with Gasteiger partial charge in [-0.05, 0) is 30.5 Å². The third-order valence-electron chi connectivity index (χ3n) is 4.83. The van der Waals surface area contributed by atoms with Crippen LogP contribution in [0.3, 0.4) is 0 Å². The number of rotatable bonds is 2. The number of aliphatic hydroxyl groups is 1. The first-order valence-electron chi connectivity index (χ1n) is 8.31. The second-order valence-electron chi connectivity index (χ2n) is 6.50. The van der Waals surface area contributed by atoms with E-state index in [4.69, 9.17) is 4.74 Å². The first kappa shape index (κ1) is 18.2. The van der Waals surface area contributed by atoms with Crippen molar-refractivity contribution in [3.8, 4) is 0 Å². The van der Waals surface area contributed by atoms with Crippen LogP contribution in [0.25, 0.3) is 0 Å². The number of carbonyl (C=O) groups excluding carboxylic acids is 1. The SMILES string of the molecule is O=C([C@@H]1CNCCO1)N1CCC(O)(c2cccc(C(F)(F)F)c2)CC1. The van der Waals surface area contributed by atoms with Crippen LogP contribution >= 0.6 is 0 Å². The van der Waals surface area contributed by atoms with Crippen LogP contribution in [0, 0.1) is 0 Å². The zero-order valence-electron chi connectivity index (χ0n) is 13.7. The first-order chi connectivity index (χ1) is 11.8. The maximum atomic E-state index is 12.9. The van der Waals surface area contributed by atoms with E-state index in [1.165, 1.54) is 12.1 Å². The molecule has 25 heavy (non-hydrogen) atoms. The Morgan fingerprint density at radius 3 is 2.64 bits per heavy atom. The molecule has 5 nitrogen and oxygen atoms in total. The van der Waals surface area contributed by atoms with E-state index in [1.807, 2.05) is 0 Å². The van der Waals surface area contributed by atoms with Crippen LogP contribution in [-0.4, -0.2) is 54.8 Å². The minimum atomic E-state index is -4.45. The zero-order valence-corrected chi connectivity index (χ0v) is 13.7. The summed E-state index contributed by atoms with van der Waals surface area (Å²) in [5.41, 5.74) is -1.90. The van der Waals surface area contributed by atoms with Crippen LogP contribution in [0.5, 0.6) is 0 Å². The van der Waals surface area contributed by atoms with Gasteiger partial charge in [0.2, 0.25) is 0 Å². The van der Waals surface area contributed by atoms with Crippen LogP contribution in [-0.2, 0) is 21.3 Å². The largest absolute Gasteiger partial charge is 0.416 e. The molecule has 0 saturated carbocycles. The Morgan fingerprint density at radius 1 is 1.32 bits per heavy atom. The van der Waals surface area contributed by atoms with E-state index in [0.29, 0.717) is 19.7 Å². The molecule has 2 heterocycles. The van der Waals surface area contributed by atoms with Crippen LogP contribution in [0.15, 0.2) is 24.3 Å². The maximum Gasteiger partial charge on any atom is 0.416 e. The molecule has 0 spiro atoms. The summed E-state index contributed by atoms with van der Waals surface area (Å²) in [6.07, 6.45) is -4.59. The summed E-state index contributed by atoms with van der Waals surface area (Å²) in [6.45, 7) is 2.20. The van der Waals surface area contributed by atoms with Gasteiger partial charge in [-0.1, -0.05) is 12.1 Å². The monoisotopic (exact) mass is 358 g/mol. The summed E-state index contributed by atoms with van der Waals surface area (Å²) < 4.78 is 44.1. The van der Waals surface area contributed by atoms with Crippen LogP contribution < -0.4 is 5.32 Å². The second kappa shape index (κ2) is 6.93. The van der Waals surface area contributed by atoms with E-state index in [0.717, 1.165) is 12.1 Å². The summed E-state index contributed by atoms with van der Waals surface area (Å²) in [5, 5.41) is 13.9. The molecule has 1 amide bonds. The highest BCUT2D eigenvalue weighted by molar-refractivity contribution is 5.81. The lowest BCUT2D eigenvalue weighted by molar-refractivity contribution is -0.149. The Morgan fingerprint density at radius 2 is 2.04 bits per heavy atom. The van der Waals surface area contributed by atoms with Gasteiger partial charge in [0.1, 0.15) is 6.10 Å². The van der Waals surface area contributed by atoms with Crippen LogP contribution in [0.1, 0.15) is 24.0 Å². The Bertz CT molecular complexity index is 622. The Balaban J connectivity index is 1.67. The topological polar surface area (TPSA) is 61.8 Å². The van der Waals surface area contributed by atoms with Crippen molar-refractivity contribution < 1.29 is 27.8 Å². The Kier molecular flexibility index (Phi) is 5.04. The lowest BCUT2D eigenvalue weighted by Crippen LogP contribution is -2.53. The van der Waals surface area contributed by atoms with E-state index in [-0.39, 0.29) is 37.4 Å². The number of hydrogen-bond donors (Lipinski definition) is 2. The van der Waals surface area contributed by atoms with Crippen molar-refractivity contribution in [1.82, 2.24) is 10.2 Å². The zero-order chi connectivity index (χ0) is 18.1. The number of hydrogen-bond acceptors (Lipinski definition) is 4. The van der Waals surface area contributed by atoms with Gasteiger partial charge >= 0.3 is 6.18 Å². The number of benzene rings is 1. The maximum absolute atomic E-state index is 12.9. The number of morpholine rings is 1. The molecule has 0 unspecified atom stereocenters. The van der Waals surface area contributed by atoms with Crippen LogP contribution in [0.2, 0.25) is 0 Å². The highest BCUT2D eigenvalue weighted by atomic mass is 19.4. The van der Waals surface area contributed by atoms with Crippen molar-refractivity contribution in [1.29, 1.82) is 0 Å². The second-order valence-corrected chi connectivity index (χ2v) is 6.50. The van der Waals surface area contributed by atoms with Crippen molar-refractivity contribution in [2.24, 2.45) is 0 Å². The fourth-order valence-electron chi connectivity index (χ4n) is 3.30. The molecule has 0 aromatic heterocycles. The fraction of sp³-hybridized carbons (Fsp3) is 0.588. The van der Waals surface area contributed by atoms with Gasteiger partial charge in [0.05, 0.1) is 17.8 Å². The fourth-order valence-corrected chi connectivity index (χ4v) is 3.30. The summed E-state index contributed by atoms with van der Waals surface area (Å²) in [5.74, 6) is -0.140. The van der Waals surface area contributed by atoms with E-state index < -0.39 is 23.4 Å². The predicted octanol–water partition coefficient (Wildman–Crippen LogP) is 1.50. The minimum Gasteiger partial charge on any atom is -0.385 e. The van der Waals surface area contributed by atoms with Gasteiger partial charge in [0, 0.05) is 26.2 Å². The molecule has 2 fully saturated rings. The molecular formula is C17H21F3N2O3. The molecule has 138 valence electrons. The van der Waals surface area contributed by atoms with Gasteiger partial charge in [0.25, 0.3) is 5.91 Å². The van der Waals surface area contributed by atoms with Gasteiger partial charge in [-0.2, -0.15) is 13.2 Å². The van der Waals surface area contributed by atoms with Crippen molar-refractivity contribution in [3.63, 3.8) is 0 Å². The lowest BCUT2D eigenvalue weighted by atomic mass is 9.83. The molecule has 1 aromatic carbocycles.